The zero-order chi connectivity index (χ0) is 13.4. The number of benzene rings is 1. The lowest BCUT2D eigenvalue weighted by Crippen LogP contribution is -2.37. The van der Waals surface area contributed by atoms with Crippen LogP contribution in [0.5, 0.6) is 0 Å². The van der Waals surface area contributed by atoms with Crippen molar-refractivity contribution in [1.29, 1.82) is 0 Å². The lowest BCUT2D eigenvalue weighted by Gasteiger charge is -2.27. The molecule has 3 atom stereocenters. The van der Waals surface area contributed by atoms with Crippen LogP contribution in [0.1, 0.15) is 18.9 Å². The highest BCUT2D eigenvalue weighted by molar-refractivity contribution is 5.13. The van der Waals surface area contributed by atoms with E-state index in [4.69, 9.17) is 14.9 Å². The van der Waals surface area contributed by atoms with Crippen molar-refractivity contribution in [3.8, 4) is 0 Å². The molecule has 0 amide bonds. The summed E-state index contributed by atoms with van der Waals surface area (Å²) in [6.45, 7) is 1.99. The molecule has 0 saturated carbocycles. The third-order valence-corrected chi connectivity index (χ3v) is 3.00. The summed E-state index contributed by atoms with van der Waals surface area (Å²) in [5.74, 6) is -0.0131. The smallest absolute Gasteiger partial charge is 0.103 e. The van der Waals surface area contributed by atoms with Gasteiger partial charge in [-0.25, -0.2) is 0 Å². The summed E-state index contributed by atoms with van der Waals surface area (Å²) < 4.78 is 5.67. The van der Waals surface area contributed by atoms with Crippen LogP contribution in [-0.2, 0) is 11.3 Å². The molecule has 0 aliphatic heterocycles. The zero-order valence-corrected chi connectivity index (χ0v) is 10.7. The first-order valence-electron chi connectivity index (χ1n) is 6.24. The Morgan fingerprint density at radius 1 is 1.17 bits per heavy atom. The van der Waals surface area contributed by atoms with Crippen molar-refractivity contribution in [3.05, 3.63) is 35.9 Å². The second-order valence-corrected chi connectivity index (χ2v) is 4.50. The molecule has 0 aromatic heterocycles. The Hall–Kier alpha value is -0.940. The van der Waals surface area contributed by atoms with Gasteiger partial charge in [-0.15, -0.1) is 0 Å². The fraction of sp³-hybridized carbons (Fsp3) is 0.571. The molecule has 1 aromatic rings. The molecule has 0 radical (unpaired) electrons. The van der Waals surface area contributed by atoms with Gasteiger partial charge in [0.05, 0.1) is 19.3 Å². The minimum absolute atomic E-state index is 0.0131. The summed E-state index contributed by atoms with van der Waals surface area (Å²) in [6, 6.07) is 9.66. The number of aliphatic hydroxyl groups excluding tert-OH is 3. The quantitative estimate of drug-likeness (QED) is 0.646. The van der Waals surface area contributed by atoms with Crippen LogP contribution in [0.15, 0.2) is 30.3 Å². The van der Waals surface area contributed by atoms with Crippen LogP contribution in [0.25, 0.3) is 0 Å². The highest BCUT2D eigenvalue weighted by Crippen LogP contribution is 2.17. The second-order valence-electron chi connectivity index (χ2n) is 4.50. The first kappa shape index (κ1) is 15.1. The molecule has 102 valence electrons. The van der Waals surface area contributed by atoms with E-state index >= 15 is 0 Å². The lowest BCUT2D eigenvalue weighted by atomic mass is 9.97. The molecule has 0 aliphatic carbocycles. The molecule has 4 heteroatoms. The molecular formula is C14H22O4. The molecule has 1 aromatic carbocycles. The molecule has 3 unspecified atom stereocenters. The Morgan fingerprint density at radius 2 is 1.83 bits per heavy atom. The van der Waals surface area contributed by atoms with Gasteiger partial charge in [-0.2, -0.15) is 0 Å². The summed E-state index contributed by atoms with van der Waals surface area (Å²) in [5.41, 5.74) is 1.02. The summed E-state index contributed by atoms with van der Waals surface area (Å²) in [6.07, 6.45) is -0.853. The normalized spacial score (nSPS) is 16.2. The van der Waals surface area contributed by atoms with Crippen molar-refractivity contribution in [1.82, 2.24) is 0 Å². The van der Waals surface area contributed by atoms with Crippen molar-refractivity contribution in [3.63, 3.8) is 0 Å². The third kappa shape index (κ3) is 4.74. The Bertz CT molecular complexity index is 315. The fourth-order valence-electron chi connectivity index (χ4n) is 1.89. The average molecular weight is 254 g/mol. The molecule has 3 N–H and O–H groups in total. The largest absolute Gasteiger partial charge is 0.396 e. The topological polar surface area (TPSA) is 69.9 Å². The van der Waals surface area contributed by atoms with Gasteiger partial charge in [0.1, 0.15) is 6.10 Å². The van der Waals surface area contributed by atoms with Gasteiger partial charge in [0.25, 0.3) is 0 Å². The van der Waals surface area contributed by atoms with Crippen LogP contribution in [0.4, 0.5) is 0 Å². The molecule has 4 nitrogen and oxygen atoms in total. The van der Waals surface area contributed by atoms with Crippen LogP contribution in [-0.4, -0.2) is 40.7 Å². The van der Waals surface area contributed by atoms with E-state index in [1.165, 1.54) is 0 Å². The SMILES string of the molecule is CC(CCO)C(OCc1ccccc1)C(O)CO. The summed E-state index contributed by atoms with van der Waals surface area (Å²) in [5, 5.41) is 27.7. The average Bonchev–Trinajstić information content (AvgIpc) is 2.40. The predicted octanol–water partition coefficient (Wildman–Crippen LogP) is 0.944. The lowest BCUT2D eigenvalue weighted by molar-refractivity contribution is -0.0920. The summed E-state index contributed by atoms with van der Waals surface area (Å²) in [7, 11) is 0. The number of hydrogen-bond donors (Lipinski definition) is 3. The minimum atomic E-state index is -0.921. The van der Waals surface area contributed by atoms with Gasteiger partial charge in [0, 0.05) is 6.61 Å². The number of rotatable bonds is 8. The van der Waals surface area contributed by atoms with Gasteiger partial charge in [-0.3, -0.25) is 0 Å². The first-order chi connectivity index (χ1) is 8.69. The molecular weight excluding hydrogens is 232 g/mol. The van der Waals surface area contributed by atoms with E-state index in [0.29, 0.717) is 13.0 Å². The predicted molar refractivity (Wildman–Crippen MR) is 69.0 cm³/mol. The standard InChI is InChI=1S/C14H22O4/c1-11(7-8-15)14(13(17)9-16)18-10-12-5-3-2-4-6-12/h2-6,11,13-17H,7-10H2,1H3. The van der Waals surface area contributed by atoms with Crippen LogP contribution in [0.2, 0.25) is 0 Å². The Kier molecular flexibility index (Phi) is 6.90. The Balaban J connectivity index is 2.56. The monoisotopic (exact) mass is 254 g/mol. The second kappa shape index (κ2) is 8.21. The van der Waals surface area contributed by atoms with E-state index < -0.39 is 12.2 Å². The Labute approximate surface area is 108 Å². The van der Waals surface area contributed by atoms with Crippen LogP contribution in [0.3, 0.4) is 0 Å². The van der Waals surface area contributed by atoms with Crippen molar-refractivity contribution in [2.24, 2.45) is 5.92 Å². The van der Waals surface area contributed by atoms with Gasteiger partial charge in [-0.05, 0) is 17.9 Å². The molecule has 0 fully saturated rings. The zero-order valence-electron chi connectivity index (χ0n) is 10.7. The van der Waals surface area contributed by atoms with Gasteiger partial charge in [0.15, 0.2) is 0 Å². The van der Waals surface area contributed by atoms with E-state index in [0.717, 1.165) is 5.56 Å². The van der Waals surface area contributed by atoms with Gasteiger partial charge in [-0.1, -0.05) is 37.3 Å². The number of aliphatic hydroxyl groups is 3. The van der Waals surface area contributed by atoms with Crippen molar-refractivity contribution in [2.75, 3.05) is 13.2 Å². The highest BCUT2D eigenvalue weighted by Gasteiger charge is 2.25. The molecule has 0 saturated heterocycles. The van der Waals surface area contributed by atoms with Gasteiger partial charge in [0.2, 0.25) is 0 Å². The summed E-state index contributed by atoms with van der Waals surface area (Å²) in [4.78, 5) is 0. The fourth-order valence-corrected chi connectivity index (χ4v) is 1.89. The maximum absolute atomic E-state index is 9.74. The van der Waals surface area contributed by atoms with E-state index in [9.17, 15) is 5.11 Å². The van der Waals surface area contributed by atoms with Crippen molar-refractivity contribution < 1.29 is 20.1 Å². The van der Waals surface area contributed by atoms with E-state index in [1.807, 2.05) is 37.3 Å². The molecule has 0 heterocycles. The van der Waals surface area contributed by atoms with E-state index in [2.05, 4.69) is 0 Å². The Morgan fingerprint density at radius 3 is 2.39 bits per heavy atom. The van der Waals surface area contributed by atoms with Crippen molar-refractivity contribution in [2.45, 2.75) is 32.2 Å². The minimum Gasteiger partial charge on any atom is -0.396 e. The first-order valence-corrected chi connectivity index (χ1v) is 6.24. The maximum atomic E-state index is 9.74. The number of ether oxygens (including phenoxy) is 1. The molecule has 0 spiro atoms. The van der Waals surface area contributed by atoms with E-state index in [-0.39, 0.29) is 19.1 Å². The van der Waals surface area contributed by atoms with Crippen LogP contribution in [0, 0.1) is 5.92 Å². The molecule has 18 heavy (non-hydrogen) atoms. The third-order valence-electron chi connectivity index (χ3n) is 3.00. The van der Waals surface area contributed by atoms with E-state index in [1.54, 1.807) is 0 Å². The number of hydrogen-bond acceptors (Lipinski definition) is 4. The molecule has 1 rings (SSSR count). The maximum Gasteiger partial charge on any atom is 0.103 e. The van der Waals surface area contributed by atoms with Crippen molar-refractivity contribution >= 4 is 0 Å². The highest BCUT2D eigenvalue weighted by atomic mass is 16.5. The summed E-state index contributed by atoms with van der Waals surface area (Å²) >= 11 is 0. The molecule has 0 aliphatic rings. The van der Waals surface area contributed by atoms with Crippen LogP contribution >= 0.6 is 0 Å². The van der Waals surface area contributed by atoms with Gasteiger partial charge < -0.3 is 20.1 Å². The molecule has 0 bridgehead atoms. The van der Waals surface area contributed by atoms with Gasteiger partial charge >= 0.3 is 0 Å². The van der Waals surface area contributed by atoms with Crippen LogP contribution < -0.4 is 0 Å².